The normalized spacial score (nSPS) is 12.1. The van der Waals surface area contributed by atoms with Gasteiger partial charge in [0, 0.05) is 22.8 Å². The fourth-order valence-electron chi connectivity index (χ4n) is 1.51. The standard InChI is InChI=1S/C13H20N2O3S/c1-3-6-14-13(18)9(2)15-8-11-5-4-10(19-11)7-12(16)17/h4-5,9,15H,3,6-8H2,1-2H3,(H,14,18)(H,16,17). The minimum absolute atomic E-state index is 0.0100. The summed E-state index contributed by atoms with van der Waals surface area (Å²) in [5.74, 6) is -0.835. The van der Waals surface area contributed by atoms with E-state index < -0.39 is 5.97 Å². The third kappa shape index (κ3) is 5.85. The van der Waals surface area contributed by atoms with E-state index in [0.29, 0.717) is 13.1 Å². The molecule has 0 aliphatic rings. The molecular formula is C13H20N2O3S. The Morgan fingerprint density at radius 1 is 1.37 bits per heavy atom. The van der Waals surface area contributed by atoms with Crippen LogP contribution in [0.3, 0.4) is 0 Å². The molecule has 6 heteroatoms. The maximum atomic E-state index is 11.6. The molecule has 0 fully saturated rings. The van der Waals surface area contributed by atoms with E-state index in [1.54, 1.807) is 0 Å². The van der Waals surface area contributed by atoms with Crippen LogP contribution in [-0.2, 0) is 22.6 Å². The van der Waals surface area contributed by atoms with E-state index in [1.807, 2.05) is 26.0 Å². The highest BCUT2D eigenvalue weighted by Gasteiger charge is 2.12. The third-order valence-electron chi connectivity index (χ3n) is 2.57. The second kappa shape index (κ2) is 7.91. The number of hydrogen-bond acceptors (Lipinski definition) is 4. The fourth-order valence-corrected chi connectivity index (χ4v) is 2.47. The van der Waals surface area contributed by atoms with Crippen LogP contribution in [0.5, 0.6) is 0 Å². The maximum absolute atomic E-state index is 11.6. The van der Waals surface area contributed by atoms with Crippen molar-refractivity contribution in [2.75, 3.05) is 6.54 Å². The summed E-state index contributed by atoms with van der Waals surface area (Å²) < 4.78 is 0. The van der Waals surface area contributed by atoms with Gasteiger partial charge in [-0.25, -0.2) is 0 Å². The molecule has 3 N–H and O–H groups in total. The minimum atomic E-state index is -0.825. The number of hydrogen-bond donors (Lipinski definition) is 3. The topological polar surface area (TPSA) is 78.4 Å². The Bertz CT molecular complexity index is 431. The number of rotatable bonds is 8. The van der Waals surface area contributed by atoms with Crippen molar-refractivity contribution in [3.8, 4) is 0 Å². The monoisotopic (exact) mass is 284 g/mol. The minimum Gasteiger partial charge on any atom is -0.481 e. The van der Waals surface area contributed by atoms with E-state index in [1.165, 1.54) is 11.3 Å². The molecule has 0 spiro atoms. The van der Waals surface area contributed by atoms with Crippen LogP contribution in [-0.4, -0.2) is 29.6 Å². The SMILES string of the molecule is CCCNC(=O)C(C)NCc1ccc(CC(=O)O)s1. The molecule has 0 saturated carbocycles. The summed E-state index contributed by atoms with van der Waals surface area (Å²) in [4.78, 5) is 24.1. The average molecular weight is 284 g/mol. The first kappa shape index (κ1) is 15.7. The van der Waals surface area contributed by atoms with Crippen LogP contribution in [0.1, 0.15) is 30.0 Å². The molecule has 1 heterocycles. The molecule has 1 rings (SSSR count). The van der Waals surface area contributed by atoms with Crippen LogP contribution in [0.4, 0.5) is 0 Å². The molecule has 1 unspecified atom stereocenters. The molecule has 1 aromatic rings. The second-order valence-electron chi connectivity index (χ2n) is 4.33. The summed E-state index contributed by atoms with van der Waals surface area (Å²) in [6.45, 7) is 5.09. The third-order valence-corrected chi connectivity index (χ3v) is 3.65. The summed E-state index contributed by atoms with van der Waals surface area (Å²) in [7, 11) is 0. The zero-order valence-corrected chi connectivity index (χ0v) is 12.0. The molecule has 1 amide bonds. The Balaban J connectivity index is 2.37. The second-order valence-corrected chi connectivity index (χ2v) is 5.59. The van der Waals surface area contributed by atoms with E-state index >= 15 is 0 Å². The lowest BCUT2D eigenvalue weighted by atomic mass is 10.3. The fraction of sp³-hybridized carbons (Fsp3) is 0.538. The highest BCUT2D eigenvalue weighted by molar-refractivity contribution is 7.12. The van der Waals surface area contributed by atoms with Crippen molar-refractivity contribution in [3.05, 3.63) is 21.9 Å². The number of carbonyl (C=O) groups is 2. The van der Waals surface area contributed by atoms with Crippen LogP contribution in [0.15, 0.2) is 12.1 Å². The van der Waals surface area contributed by atoms with Gasteiger partial charge in [-0.2, -0.15) is 0 Å². The largest absolute Gasteiger partial charge is 0.481 e. The van der Waals surface area contributed by atoms with Gasteiger partial charge in [0.05, 0.1) is 12.5 Å². The number of thiophene rings is 1. The van der Waals surface area contributed by atoms with Crippen molar-refractivity contribution in [2.24, 2.45) is 0 Å². The Hall–Kier alpha value is -1.40. The van der Waals surface area contributed by atoms with Gasteiger partial charge in [-0.3, -0.25) is 9.59 Å². The van der Waals surface area contributed by atoms with E-state index in [-0.39, 0.29) is 18.4 Å². The van der Waals surface area contributed by atoms with Crippen LogP contribution >= 0.6 is 11.3 Å². The summed E-state index contributed by atoms with van der Waals surface area (Å²) in [5, 5.41) is 14.6. The van der Waals surface area contributed by atoms with Gasteiger partial charge in [0.1, 0.15) is 0 Å². The van der Waals surface area contributed by atoms with Gasteiger partial charge in [-0.15, -0.1) is 11.3 Å². The van der Waals surface area contributed by atoms with Crippen molar-refractivity contribution in [2.45, 2.75) is 39.3 Å². The van der Waals surface area contributed by atoms with Gasteiger partial charge in [0.25, 0.3) is 0 Å². The van der Waals surface area contributed by atoms with Gasteiger partial charge in [-0.05, 0) is 25.5 Å². The quantitative estimate of drug-likeness (QED) is 0.674. The Labute approximate surface area is 117 Å². The van der Waals surface area contributed by atoms with Crippen molar-refractivity contribution in [3.63, 3.8) is 0 Å². The average Bonchev–Trinajstić information content (AvgIpc) is 2.79. The molecule has 0 radical (unpaired) electrons. The zero-order chi connectivity index (χ0) is 14.3. The van der Waals surface area contributed by atoms with Gasteiger partial charge in [0.15, 0.2) is 0 Å². The van der Waals surface area contributed by atoms with Crippen molar-refractivity contribution in [1.29, 1.82) is 0 Å². The zero-order valence-electron chi connectivity index (χ0n) is 11.2. The lowest BCUT2D eigenvalue weighted by molar-refractivity contribution is -0.136. The smallest absolute Gasteiger partial charge is 0.308 e. The molecule has 0 aliphatic carbocycles. The first-order chi connectivity index (χ1) is 9.02. The molecule has 106 valence electrons. The molecule has 0 aromatic carbocycles. The molecule has 1 atom stereocenters. The predicted octanol–water partition coefficient (Wildman–Crippen LogP) is 1.38. The molecular weight excluding hydrogens is 264 g/mol. The van der Waals surface area contributed by atoms with Crippen LogP contribution in [0, 0.1) is 0 Å². The number of amides is 1. The predicted molar refractivity (Wildman–Crippen MR) is 75.3 cm³/mol. The molecule has 0 bridgehead atoms. The van der Waals surface area contributed by atoms with Gasteiger partial charge < -0.3 is 15.7 Å². The summed E-state index contributed by atoms with van der Waals surface area (Å²) in [6, 6.07) is 3.46. The maximum Gasteiger partial charge on any atom is 0.308 e. The van der Waals surface area contributed by atoms with Crippen molar-refractivity contribution in [1.82, 2.24) is 10.6 Å². The highest BCUT2D eigenvalue weighted by Crippen LogP contribution is 2.16. The molecule has 1 aromatic heterocycles. The molecule has 19 heavy (non-hydrogen) atoms. The van der Waals surface area contributed by atoms with Crippen molar-refractivity contribution < 1.29 is 14.7 Å². The van der Waals surface area contributed by atoms with Gasteiger partial charge >= 0.3 is 5.97 Å². The highest BCUT2D eigenvalue weighted by atomic mass is 32.1. The van der Waals surface area contributed by atoms with Crippen molar-refractivity contribution >= 4 is 23.2 Å². The van der Waals surface area contributed by atoms with Crippen LogP contribution in [0.25, 0.3) is 0 Å². The summed E-state index contributed by atoms with van der Waals surface area (Å²) in [5.41, 5.74) is 0. The summed E-state index contributed by atoms with van der Waals surface area (Å²) in [6.07, 6.45) is 0.971. The number of aliphatic carboxylic acids is 1. The Morgan fingerprint density at radius 3 is 2.68 bits per heavy atom. The lowest BCUT2D eigenvalue weighted by Crippen LogP contribution is -2.41. The van der Waals surface area contributed by atoms with Gasteiger partial charge in [0.2, 0.25) is 5.91 Å². The number of carbonyl (C=O) groups excluding carboxylic acids is 1. The number of nitrogens with one attached hydrogen (secondary N) is 2. The summed E-state index contributed by atoms with van der Waals surface area (Å²) >= 11 is 1.46. The molecule has 0 saturated heterocycles. The number of carboxylic acids is 1. The van der Waals surface area contributed by atoms with E-state index in [0.717, 1.165) is 16.2 Å². The molecule has 5 nitrogen and oxygen atoms in total. The lowest BCUT2D eigenvalue weighted by Gasteiger charge is -2.12. The Kier molecular flexibility index (Phi) is 6.52. The Morgan fingerprint density at radius 2 is 2.05 bits per heavy atom. The van der Waals surface area contributed by atoms with Crippen LogP contribution in [0.2, 0.25) is 0 Å². The molecule has 0 aliphatic heterocycles. The van der Waals surface area contributed by atoms with Gasteiger partial charge in [-0.1, -0.05) is 6.92 Å². The first-order valence-corrected chi connectivity index (χ1v) is 7.15. The van der Waals surface area contributed by atoms with E-state index in [4.69, 9.17) is 5.11 Å². The van der Waals surface area contributed by atoms with E-state index in [9.17, 15) is 9.59 Å². The van der Waals surface area contributed by atoms with E-state index in [2.05, 4.69) is 10.6 Å². The van der Waals surface area contributed by atoms with Crippen LogP contribution < -0.4 is 10.6 Å². The first-order valence-electron chi connectivity index (χ1n) is 6.33. The number of carboxylic acid groups (broad SMARTS) is 1.